The third kappa shape index (κ3) is 2.24. The molecule has 2 rings (SSSR count). The van der Waals surface area contributed by atoms with Crippen molar-refractivity contribution in [3.8, 4) is 0 Å². The van der Waals surface area contributed by atoms with E-state index in [1.165, 1.54) is 27.9 Å². The molecule has 0 saturated heterocycles. The van der Waals surface area contributed by atoms with Crippen molar-refractivity contribution < 1.29 is 19.5 Å². The second kappa shape index (κ2) is 5.94. The van der Waals surface area contributed by atoms with Crippen molar-refractivity contribution in [1.82, 2.24) is 0 Å². The zero-order valence-corrected chi connectivity index (χ0v) is 12.0. The summed E-state index contributed by atoms with van der Waals surface area (Å²) in [5.41, 5.74) is 12.2. The summed E-state index contributed by atoms with van der Waals surface area (Å²) in [6.45, 7) is 2.74. The molecule has 83 valence electrons. The van der Waals surface area contributed by atoms with Gasteiger partial charge in [0.15, 0.2) is 16.3 Å². The van der Waals surface area contributed by atoms with Crippen LogP contribution in [0.2, 0.25) is 0 Å². The van der Waals surface area contributed by atoms with Crippen molar-refractivity contribution in [1.29, 1.82) is 0 Å². The summed E-state index contributed by atoms with van der Waals surface area (Å²) in [5.74, 6) is 0. The Labute approximate surface area is 118 Å². The fourth-order valence-electron chi connectivity index (χ4n) is 2.13. The Hall–Kier alpha value is -0.184. The Bertz CT molecular complexity index is 439. The van der Waals surface area contributed by atoms with Crippen LogP contribution < -0.4 is 5.73 Å². The molecule has 0 aliphatic heterocycles. The molecular formula is C13H13AlNRh-. The summed E-state index contributed by atoms with van der Waals surface area (Å²) in [4.78, 5) is 2.09. The van der Waals surface area contributed by atoms with Crippen LogP contribution in [-0.4, -0.2) is 22.8 Å². The van der Waals surface area contributed by atoms with E-state index in [2.05, 4.69) is 46.4 Å². The first kappa shape index (κ1) is 13.9. The van der Waals surface area contributed by atoms with Gasteiger partial charge in [-0.1, -0.05) is 18.1 Å². The van der Waals surface area contributed by atoms with Crippen molar-refractivity contribution >= 4 is 16.3 Å². The Morgan fingerprint density at radius 3 is 2.88 bits per heavy atom. The van der Waals surface area contributed by atoms with Crippen LogP contribution in [0.1, 0.15) is 13.3 Å². The standard InChI is InChI=1S/C13H13N.Al.Rh/c1-9-10(2)13(8-14)12-7-5-3-4-6-11(9)12;;/h1,5-7H,4,8,14H2,2H3;;/q-1;;. The van der Waals surface area contributed by atoms with Gasteiger partial charge in [0, 0.05) is 26.0 Å². The van der Waals surface area contributed by atoms with Gasteiger partial charge in [-0.2, -0.15) is 4.94 Å². The molecule has 0 bridgehead atoms. The van der Waals surface area contributed by atoms with Gasteiger partial charge in [0.25, 0.3) is 0 Å². The van der Waals surface area contributed by atoms with Crippen LogP contribution in [0.5, 0.6) is 0 Å². The molecule has 1 nitrogen and oxygen atoms in total. The van der Waals surface area contributed by atoms with Crippen LogP contribution in [0.15, 0.2) is 51.0 Å². The van der Waals surface area contributed by atoms with Gasteiger partial charge in [0.05, 0.1) is 0 Å². The van der Waals surface area contributed by atoms with E-state index in [0.717, 1.165) is 6.42 Å². The van der Waals surface area contributed by atoms with E-state index < -0.39 is 0 Å². The minimum atomic E-state index is 0. The molecule has 3 radical (unpaired) electrons. The number of fused-ring (bicyclic) bond motifs is 1. The quantitative estimate of drug-likeness (QED) is 0.581. The fourth-order valence-corrected chi connectivity index (χ4v) is 2.56. The van der Waals surface area contributed by atoms with Crippen molar-refractivity contribution in [2.75, 3.05) is 6.54 Å². The van der Waals surface area contributed by atoms with E-state index >= 15 is 0 Å². The maximum Gasteiger partial charge on any atom is 0.163 e. The molecule has 3 heteroatoms. The van der Waals surface area contributed by atoms with Crippen LogP contribution in [0.4, 0.5) is 0 Å². The maximum atomic E-state index is 5.80. The molecule has 0 atom stereocenters. The minimum Gasteiger partial charge on any atom is -0.327 e. The van der Waals surface area contributed by atoms with Crippen molar-refractivity contribution in [3.63, 3.8) is 0 Å². The Morgan fingerprint density at radius 2 is 2.25 bits per heavy atom. The summed E-state index contributed by atoms with van der Waals surface area (Å²) >= 11 is 2.68. The van der Waals surface area contributed by atoms with E-state index in [4.69, 9.17) is 5.73 Å². The molecule has 2 N–H and O–H groups in total. The minimum absolute atomic E-state index is 0. The molecular weight excluding hydrogens is 300 g/mol. The number of rotatable bonds is 1. The van der Waals surface area contributed by atoms with Crippen LogP contribution in [0.25, 0.3) is 0 Å². The second-order valence-corrected chi connectivity index (χ2v) is 3.99. The zero-order valence-electron chi connectivity index (χ0n) is 9.21. The largest absolute Gasteiger partial charge is 0.327 e. The molecule has 0 spiro atoms. The number of allylic oxidation sites excluding steroid dienone is 7. The van der Waals surface area contributed by atoms with Gasteiger partial charge >= 0.3 is 0 Å². The molecule has 0 aromatic heterocycles. The van der Waals surface area contributed by atoms with Gasteiger partial charge < -0.3 is 5.73 Å². The van der Waals surface area contributed by atoms with Crippen LogP contribution >= 0.6 is 0 Å². The first-order valence-electron chi connectivity index (χ1n) is 5.09. The normalized spacial score (nSPS) is 21.2. The molecule has 0 aromatic carbocycles. The van der Waals surface area contributed by atoms with Gasteiger partial charge in [-0.3, -0.25) is 6.08 Å². The first-order valence-corrected chi connectivity index (χ1v) is 5.76. The molecule has 0 aromatic rings. The van der Waals surface area contributed by atoms with Crippen LogP contribution in [0.3, 0.4) is 0 Å². The van der Waals surface area contributed by atoms with Gasteiger partial charge in [-0.25, -0.2) is 12.2 Å². The summed E-state index contributed by atoms with van der Waals surface area (Å²) in [7, 11) is 0. The van der Waals surface area contributed by atoms with Crippen molar-refractivity contribution in [3.05, 3.63) is 57.1 Å². The van der Waals surface area contributed by atoms with E-state index in [1.54, 1.807) is 0 Å². The molecule has 0 unspecified atom stereocenters. The van der Waals surface area contributed by atoms with E-state index in [9.17, 15) is 0 Å². The monoisotopic (exact) mass is 313 g/mol. The number of nitrogens with two attached hydrogens (primary N) is 1. The van der Waals surface area contributed by atoms with Gasteiger partial charge in [0.1, 0.15) is 0 Å². The average Bonchev–Trinajstić information content (AvgIpc) is 2.43. The molecule has 2 aliphatic rings. The third-order valence-corrected chi connectivity index (χ3v) is 3.26. The summed E-state index contributed by atoms with van der Waals surface area (Å²) in [6.07, 6.45) is 10.4. The SMILES string of the molecule is CC1=C(CN)C2=CC=[C-]CC=C2/C1=[CH]\[Al].[Rh]. The van der Waals surface area contributed by atoms with Crippen molar-refractivity contribution in [2.45, 2.75) is 13.3 Å². The van der Waals surface area contributed by atoms with Crippen LogP contribution in [-0.2, 0) is 19.5 Å². The maximum absolute atomic E-state index is 5.80. The van der Waals surface area contributed by atoms with Gasteiger partial charge in [-0.05, 0) is 29.2 Å². The summed E-state index contributed by atoms with van der Waals surface area (Å²) in [5, 5.41) is 0. The summed E-state index contributed by atoms with van der Waals surface area (Å²) in [6, 6.07) is 0. The Kier molecular flexibility index (Phi) is 5.15. The molecule has 0 saturated carbocycles. The summed E-state index contributed by atoms with van der Waals surface area (Å²) < 4.78 is 0. The Balaban J connectivity index is 0.00000128. The zero-order chi connectivity index (χ0) is 10.8. The molecule has 0 heterocycles. The topological polar surface area (TPSA) is 26.0 Å². The van der Waals surface area contributed by atoms with E-state index in [0.29, 0.717) is 6.54 Å². The average molecular weight is 313 g/mol. The van der Waals surface area contributed by atoms with E-state index in [1.807, 2.05) is 6.08 Å². The van der Waals surface area contributed by atoms with Gasteiger partial charge in [0.2, 0.25) is 0 Å². The molecule has 0 amide bonds. The fraction of sp³-hybridized carbons (Fsp3) is 0.231. The Morgan fingerprint density at radius 1 is 1.50 bits per heavy atom. The second-order valence-electron chi connectivity index (χ2n) is 3.66. The number of hydrogen-bond acceptors (Lipinski definition) is 1. The molecule has 2 aliphatic carbocycles. The predicted molar refractivity (Wildman–Crippen MR) is 64.2 cm³/mol. The first-order chi connectivity index (χ1) is 7.29. The third-order valence-electron chi connectivity index (χ3n) is 2.92. The number of hydrogen-bond donors (Lipinski definition) is 1. The van der Waals surface area contributed by atoms with Gasteiger partial charge in [-0.15, -0.1) is 0 Å². The smallest absolute Gasteiger partial charge is 0.163 e. The molecule has 0 fully saturated rings. The van der Waals surface area contributed by atoms with E-state index in [-0.39, 0.29) is 19.5 Å². The van der Waals surface area contributed by atoms with Crippen molar-refractivity contribution in [2.24, 2.45) is 5.73 Å². The molecule has 16 heavy (non-hydrogen) atoms. The van der Waals surface area contributed by atoms with Crippen LogP contribution in [0, 0.1) is 6.08 Å². The predicted octanol–water partition coefficient (Wildman–Crippen LogP) is 1.94.